The number of nitrogens with one attached hydrogen (secondary N) is 1. The highest BCUT2D eigenvalue weighted by Crippen LogP contribution is 2.19. The van der Waals surface area contributed by atoms with Crippen molar-refractivity contribution in [3.8, 4) is 0 Å². The Morgan fingerprint density at radius 2 is 1.52 bits per heavy atom. The molecule has 0 atom stereocenters. The normalized spacial score (nSPS) is 11.2. The van der Waals surface area contributed by atoms with Crippen molar-refractivity contribution in [3.05, 3.63) is 59.7 Å². The number of sulfonamides is 1. The van der Waals surface area contributed by atoms with E-state index in [0.717, 1.165) is 12.1 Å². The molecule has 0 bridgehead atoms. The van der Waals surface area contributed by atoms with Gasteiger partial charge in [0.15, 0.2) is 5.78 Å². The fourth-order valence-electron chi connectivity index (χ4n) is 1.70. The van der Waals surface area contributed by atoms with Gasteiger partial charge >= 0.3 is 0 Å². The van der Waals surface area contributed by atoms with Gasteiger partial charge in [-0.15, -0.1) is 0 Å². The lowest BCUT2D eigenvalue weighted by molar-refractivity contribution is 0.101. The standard InChI is InChI=1S/C14H11F2NO3S/c1-9(18)10-2-4-14(5-3-10)21(19,20)17-13-7-11(15)6-12(16)8-13/h2-8,17H,1H3. The molecule has 2 aromatic rings. The van der Waals surface area contributed by atoms with E-state index in [9.17, 15) is 22.0 Å². The molecule has 0 fully saturated rings. The summed E-state index contributed by atoms with van der Waals surface area (Å²) < 4.78 is 52.3. The third-order valence-electron chi connectivity index (χ3n) is 2.69. The Hall–Kier alpha value is -2.28. The Balaban J connectivity index is 2.31. The third-order valence-corrected chi connectivity index (χ3v) is 4.08. The lowest BCUT2D eigenvalue weighted by Crippen LogP contribution is -2.13. The van der Waals surface area contributed by atoms with E-state index in [0.29, 0.717) is 11.6 Å². The largest absolute Gasteiger partial charge is 0.295 e. The van der Waals surface area contributed by atoms with E-state index in [2.05, 4.69) is 4.72 Å². The number of ketones is 1. The maximum absolute atomic E-state index is 13.0. The number of rotatable bonds is 4. The molecule has 0 saturated heterocycles. The van der Waals surface area contributed by atoms with Crippen LogP contribution in [0.5, 0.6) is 0 Å². The van der Waals surface area contributed by atoms with E-state index >= 15 is 0 Å². The van der Waals surface area contributed by atoms with Crippen LogP contribution in [0.4, 0.5) is 14.5 Å². The maximum Gasteiger partial charge on any atom is 0.261 e. The second kappa shape index (κ2) is 5.61. The zero-order valence-corrected chi connectivity index (χ0v) is 11.7. The van der Waals surface area contributed by atoms with Crippen LogP contribution in [0, 0.1) is 11.6 Å². The molecule has 7 heteroatoms. The minimum absolute atomic E-state index is 0.114. The fourth-order valence-corrected chi connectivity index (χ4v) is 2.74. The zero-order valence-electron chi connectivity index (χ0n) is 10.9. The summed E-state index contributed by atoms with van der Waals surface area (Å²) >= 11 is 0. The lowest BCUT2D eigenvalue weighted by atomic mass is 10.2. The fraction of sp³-hybridized carbons (Fsp3) is 0.0714. The second-order valence-electron chi connectivity index (χ2n) is 4.34. The number of anilines is 1. The molecular weight excluding hydrogens is 300 g/mol. The first-order chi connectivity index (χ1) is 9.78. The first-order valence-corrected chi connectivity index (χ1v) is 7.36. The molecule has 0 radical (unpaired) electrons. The van der Waals surface area contributed by atoms with Crippen LogP contribution in [-0.2, 0) is 10.0 Å². The molecule has 0 unspecified atom stereocenters. The summed E-state index contributed by atoms with van der Waals surface area (Å²) in [5.41, 5.74) is 0.147. The number of halogens is 2. The SMILES string of the molecule is CC(=O)c1ccc(S(=O)(=O)Nc2cc(F)cc(F)c2)cc1. The van der Waals surface area contributed by atoms with Gasteiger partial charge in [0.25, 0.3) is 10.0 Å². The number of carbonyl (C=O) groups excluding carboxylic acids is 1. The van der Waals surface area contributed by atoms with Crippen LogP contribution in [0.25, 0.3) is 0 Å². The summed E-state index contributed by atoms with van der Waals surface area (Å²) in [5.74, 6) is -1.97. The molecule has 0 aliphatic heterocycles. The number of Topliss-reactive ketones (excluding diaryl/α,β-unsaturated/α-hetero) is 1. The molecular formula is C14H11F2NO3S. The number of hydrogen-bond acceptors (Lipinski definition) is 3. The highest BCUT2D eigenvalue weighted by atomic mass is 32.2. The van der Waals surface area contributed by atoms with Gasteiger partial charge < -0.3 is 0 Å². The van der Waals surface area contributed by atoms with Gasteiger partial charge in [0.1, 0.15) is 11.6 Å². The van der Waals surface area contributed by atoms with Crippen molar-refractivity contribution in [2.75, 3.05) is 4.72 Å². The van der Waals surface area contributed by atoms with Gasteiger partial charge in [-0.05, 0) is 31.2 Å². The van der Waals surface area contributed by atoms with E-state index < -0.39 is 21.7 Å². The molecule has 21 heavy (non-hydrogen) atoms. The molecule has 2 rings (SSSR count). The van der Waals surface area contributed by atoms with Crippen LogP contribution >= 0.6 is 0 Å². The molecule has 1 N–H and O–H groups in total. The zero-order chi connectivity index (χ0) is 15.6. The Bertz CT molecular complexity index is 766. The molecule has 0 spiro atoms. The van der Waals surface area contributed by atoms with Crippen LogP contribution in [0.3, 0.4) is 0 Å². The van der Waals surface area contributed by atoms with Gasteiger partial charge in [0, 0.05) is 11.6 Å². The van der Waals surface area contributed by atoms with Gasteiger partial charge in [0.05, 0.1) is 10.6 Å². The number of benzene rings is 2. The number of carbonyl (C=O) groups is 1. The van der Waals surface area contributed by atoms with Crippen LogP contribution < -0.4 is 4.72 Å². The van der Waals surface area contributed by atoms with E-state index in [4.69, 9.17) is 0 Å². The molecule has 0 aromatic heterocycles. The van der Waals surface area contributed by atoms with Crippen LogP contribution in [0.2, 0.25) is 0 Å². The number of hydrogen-bond donors (Lipinski definition) is 1. The van der Waals surface area contributed by atoms with Crippen molar-refractivity contribution in [2.24, 2.45) is 0 Å². The topological polar surface area (TPSA) is 63.2 Å². The molecule has 110 valence electrons. The van der Waals surface area contributed by atoms with Crippen LogP contribution in [0.1, 0.15) is 17.3 Å². The van der Waals surface area contributed by atoms with Crippen molar-refractivity contribution >= 4 is 21.5 Å². The average molecular weight is 311 g/mol. The predicted octanol–water partition coefficient (Wildman–Crippen LogP) is 2.97. The maximum atomic E-state index is 13.0. The van der Waals surface area contributed by atoms with Crippen molar-refractivity contribution in [3.63, 3.8) is 0 Å². The van der Waals surface area contributed by atoms with E-state index in [1.54, 1.807) is 0 Å². The Labute approximate surface area is 120 Å². The highest BCUT2D eigenvalue weighted by molar-refractivity contribution is 7.92. The molecule has 4 nitrogen and oxygen atoms in total. The lowest BCUT2D eigenvalue weighted by Gasteiger charge is -2.08. The van der Waals surface area contributed by atoms with E-state index in [1.165, 1.54) is 31.2 Å². The molecule has 0 heterocycles. The summed E-state index contributed by atoms with van der Waals surface area (Å²) in [6, 6.07) is 7.59. The van der Waals surface area contributed by atoms with E-state index in [1.807, 2.05) is 0 Å². The first kappa shape index (κ1) is 15.1. The smallest absolute Gasteiger partial charge is 0.261 e. The Morgan fingerprint density at radius 1 is 1.00 bits per heavy atom. The monoisotopic (exact) mass is 311 g/mol. The minimum atomic E-state index is -3.98. The molecule has 0 aliphatic rings. The van der Waals surface area contributed by atoms with Gasteiger partial charge in [-0.3, -0.25) is 9.52 Å². The molecule has 0 aliphatic carbocycles. The van der Waals surface area contributed by atoms with Crippen molar-refractivity contribution in [1.82, 2.24) is 0 Å². The quantitative estimate of drug-likeness (QED) is 0.883. The van der Waals surface area contributed by atoms with Gasteiger partial charge in [-0.25, -0.2) is 17.2 Å². The Kier molecular flexibility index (Phi) is 4.04. The second-order valence-corrected chi connectivity index (χ2v) is 6.03. The highest BCUT2D eigenvalue weighted by Gasteiger charge is 2.15. The summed E-state index contributed by atoms with van der Waals surface area (Å²) in [5, 5.41) is 0. The van der Waals surface area contributed by atoms with Crippen LogP contribution in [-0.4, -0.2) is 14.2 Å². The predicted molar refractivity (Wildman–Crippen MR) is 73.6 cm³/mol. The van der Waals surface area contributed by atoms with Crippen LogP contribution in [0.15, 0.2) is 47.4 Å². The summed E-state index contributed by atoms with van der Waals surface area (Å²) in [6.45, 7) is 1.36. The molecule has 2 aromatic carbocycles. The van der Waals surface area contributed by atoms with Gasteiger partial charge in [-0.1, -0.05) is 12.1 Å². The van der Waals surface area contributed by atoms with E-state index in [-0.39, 0.29) is 16.4 Å². The average Bonchev–Trinajstić information content (AvgIpc) is 2.37. The minimum Gasteiger partial charge on any atom is -0.295 e. The van der Waals surface area contributed by atoms with Crippen molar-refractivity contribution in [2.45, 2.75) is 11.8 Å². The molecule has 0 saturated carbocycles. The third kappa shape index (κ3) is 3.63. The van der Waals surface area contributed by atoms with Gasteiger partial charge in [0.2, 0.25) is 0 Å². The summed E-state index contributed by atoms with van der Waals surface area (Å²) in [4.78, 5) is 11.0. The van der Waals surface area contributed by atoms with Crippen molar-refractivity contribution in [1.29, 1.82) is 0 Å². The Morgan fingerprint density at radius 3 is 2.00 bits per heavy atom. The molecule has 0 amide bonds. The van der Waals surface area contributed by atoms with Crippen molar-refractivity contribution < 1.29 is 22.0 Å². The van der Waals surface area contributed by atoms with Gasteiger partial charge in [-0.2, -0.15) is 0 Å². The summed E-state index contributed by atoms with van der Waals surface area (Å²) in [7, 11) is -3.98. The first-order valence-electron chi connectivity index (χ1n) is 5.88. The summed E-state index contributed by atoms with van der Waals surface area (Å²) in [6.07, 6.45) is 0.